The lowest BCUT2D eigenvalue weighted by Crippen LogP contribution is -2.54. The quantitative estimate of drug-likeness (QED) is 0.760. The monoisotopic (exact) mass is 264 g/mol. The summed E-state index contributed by atoms with van der Waals surface area (Å²) in [5.41, 5.74) is 0. The molecule has 4 amide bonds. The number of urea groups is 1. The van der Waals surface area contributed by atoms with E-state index in [1.54, 1.807) is 12.1 Å². The minimum atomic E-state index is -0.550. The molecule has 2 heterocycles. The van der Waals surface area contributed by atoms with Crippen LogP contribution in [0.5, 0.6) is 0 Å². The van der Waals surface area contributed by atoms with E-state index in [2.05, 4.69) is 0 Å². The predicted molar refractivity (Wildman–Crippen MR) is 65.9 cm³/mol. The van der Waals surface area contributed by atoms with E-state index in [1.165, 1.54) is 6.26 Å². The summed E-state index contributed by atoms with van der Waals surface area (Å²) in [4.78, 5) is 37.8. The molecule has 0 N–H and O–H groups in total. The molecule has 1 aliphatic rings. The zero-order valence-corrected chi connectivity index (χ0v) is 10.8. The second kappa shape index (κ2) is 5.69. The van der Waals surface area contributed by atoms with Crippen LogP contribution in [0.15, 0.2) is 22.8 Å². The van der Waals surface area contributed by atoms with Gasteiger partial charge in [-0.05, 0) is 18.6 Å². The highest BCUT2D eigenvalue weighted by Crippen LogP contribution is 2.16. The van der Waals surface area contributed by atoms with Gasteiger partial charge in [0.2, 0.25) is 11.8 Å². The zero-order valence-electron chi connectivity index (χ0n) is 10.8. The number of barbiturate groups is 1. The molecule has 6 nitrogen and oxygen atoms in total. The number of amides is 4. The maximum Gasteiger partial charge on any atom is 0.333 e. The molecule has 1 aromatic heterocycles. The lowest BCUT2D eigenvalue weighted by Gasteiger charge is -2.32. The van der Waals surface area contributed by atoms with Gasteiger partial charge < -0.3 is 4.42 Å². The third-order valence-electron chi connectivity index (χ3n) is 3.00. The Labute approximate surface area is 111 Å². The first-order valence-electron chi connectivity index (χ1n) is 6.30. The van der Waals surface area contributed by atoms with Crippen LogP contribution in [0.3, 0.4) is 0 Å². The minimum absolute atomic E-state index is 0.0700. The SMILES string of the molecule is CCCCN1C(=O)CC(=O)N(Cc2ccco2)C1=O. The Hall–Kier alpha value is -2.11. The Bertz CT molecular complexity index is 481. The van der Waals surface area contributed by atoms with E-state index in [9.17, 15) is 14.4 Å². The first-order chi connectivity index (χ1) is 9.13. The van der Waals surface area contributed by atoms with Crippen molar-refractivity contribution in [2.75, 3.05) is 6.54 Å². The van der Waals surface area contributed by atoms with E-state index in [4.69, 9.17) is 4.42 Å². The van der Waals surface area contributed by atoms with Crippen molar-refractivity contribution in [3.63, 3.8) is 0 Å². The maximum atomic E-state index is 12.1. The molecule has 0 aromatic carbocycles. The van der Waals surface area contributed by atoms with E-state index in [-0.39, 0.29) is 13.0 Å². The Kier molecular flexibility index (Phi) is 3.99. The smallest absolute Gasteiger partial charge is 0.333 e. The molecule has 0 aliphatic carbocycles. The molecule has 0 saturated carbocycles. The maximum absolute atomic E-state index is 12.1. The summed E-state index contributed by atoms with van der Waals surface area (Å²) in [5.74, 6) is -0.371. The van der Waals surface area contributed by atoms with Gasteiger partial charge in [0.05, 0.1) is 12.8 Å². The number of rotatable bonds is 5. The van der Waals surface area contributed by atoms with Crippen LogP contribution >= 0.6 is 0 Å². The summed E-state index contributed by atoms with van der Waals surface area (Å²) in [7, 11) is 0. The van der Waals surface area contributed by atoms with Gasteiger partial charge >= 0.3 is 6.03 Å². The molecule has 1 aliphatic heterocycles. The highest BCUT2D eigenvalue weighted by molar-refractivity contribution is 6.13. The van der Waals surface area contributed by atoms with Gasteiger partial charge in [0.15, 0.2) is 0 Å². The number of carbonyl (C=O) groups is 3. The molecular weight excluding hydrogens is 248 g/mol. The fourth-order valence-corrected chi connectivity index (χ4v) is 1.93. The number of hydrogen-bond acceptors (Lipinski definition) is 4. The van der Waals surface area contributed by atoms with Gasteiger partial charge in [-0.25, -0.2) is 4.79 Å². The van der Waals surface area contributed by atoms with Gasteiger partial charge in [0.1, 0.15) is 12.2 Å². The number of nitrogens with zero attached hydrogens (tertiary/aromatic N) is 2. The second-order valence-electron chi connectivity index (χ2n) is 4.42. The molecule has 0 bridgehead atoms. The van der Waals surface area contributed by atoms with Crippen molar-refractivity contribution in [2.45, 2.75) is 32.7 Å². The third kappa shape index (κ3) is 2.83. The van der Waals surface area contributed by atoms with Crippen molar-refractivity contribution >= 4 is 17.8 Å². The summed E-state index contributed by atoms with van der Waals surface area (Å²) >= 11 is 0. The van der Waals surface area contributed by atoms with Crippen molar-refractivity contribution in [1.29, 1.82) is 0 Å². The molecule has 0 spiro atoms. The van der Waals surface area contributed by atoms with Crippen LogP contribution in [0.4, 0.5) is 4.79 Å². The first kappa shape index (κ1) is 13.3. The Morgan fingerprint density at radius 2 is 1.95 bits per heavy atom. The van der Waals surface area contributed by atoms with E-state index in [0.29, 0.717) is 12.3 Å². The number of imide groups is 2. The number of unbranched alkanes of at least 4 members (excludes halogenated alkanes) is 1. The van der Waals surface area contributed by atoms with Crippen LogP contribution in [-0.2, 0) is 16.1 Å². The molecule has 102 valence electrons. The fraction of sp³-hybridized carbons (Fsp3) is 0.462. The van der Waals surface area contributed by atoms with Gasteiger partial charge in [-0.2, -0.15) is 0 Å². The first-order valence-corrected chi connectivity index (χ1v) is 6.30. The van der Waals surface area contributed by atoms with Gasteiger partial charge in [-0.15, -0.1) is 0 Å². The fourth-order valence-electron chi connectivity index (χ4n) is 1.93. The second-order valence-corrected chi connectivity index (χ2v) is 4.42. The molecule has 0 atom stereocenters. The van der Waals surface area contributed by atoms with Crippen molar-refractivity contribution in [2.24, 2.45) is 0 Å². The average Bonchev–Trinajstić information content (AvgIpc) is 2.87. The predicted octanol–water partition coefficient (Wildman–Crippen LogP) is 1.76. The average molecular weight is 264 g/mol. The van der Waals surface area contributed by atoms with E-state index < -0.39 is 17.8 Å². The van der Waals surface area contributed by atoms with Crippen molar-refractivity contribution in [3.8, 4) is 0 Å². The molecule has 1 saturated heterocycles. The van der Waals surface area contributed by atoms with Crippen LogP contribution in [0.25, 0.3) is 0 Å². The normalized spacial score (nSPS) is 16.4. The van der Waals surface area contributed by atoms with Crippen LogP contribution in [-0.4, -0.2) is 34.2 Å². The number of furan rings is 1. The van der Waals surface area contributed by atoms with Crippen LogP contribution in [0, 0.1) is 0 Å². The Morgan fingerprint density at radius 1 is 1.21 bits per heavy atom. The molecule has 6 heteroatoms. The van der Waals surface area contributed by atoms with Gasteiger partial charge in [0.25, 0.3) is 0 Å². The highest BCUT2D eigenvalue weighted by Gasteiger charge is 2.37. The van der Waals surface area contributed by atoms with Crippen LogP contribution < -0.4 is 0 Å². The largest absolute Gasteiger partial charge is 0.467 e. The van der Waals surface area contributed by atoms with Gasteiger partial charge in [0, 0.05) is 6.54 Å². The number of carbonyl (C=O) groups excluding carboxylic acids is 3. The van der Waals surface area contributed by atoms with E-state index in [1.807, 2.05) is 6.92 Å². The molecule has 19 heavy (non-hydrogen) atoms. The van der Waals surface area contributed by atoms with Crippen molar-refractivity contribution in [3.05, 3.63) is 24.2 Å². The molecule has 1 aromatic rings. The summed E-state index contributed by atoms with van der Waals surface area (Å²) in [5, 5.41) is 0. The Balaban J connectivity index is 2.11. The summed E-state index contributed by atoms with van der Waals surface area (Å²) < 4.78 is 5.13. The van der Waals surface area contributed by atoms with Gasteiger partial charge in [-0.1, -0.05) is 13.3 Å². The zero-order chi connectivity index (χ0) is 13.8. The van der Waals surface area contributed by atoms with Crippen molar-refractivity contribution < 1.29 is 18.8 Å². The molecular formula is C13H16N2O4. The summed E-state index contributed by atoms with van der Waals surface area (Å²) in [6.07, 6.45) is 2.84. The molecule has 0 radical (unpaired) electrons. The van der Waals surface area contributed by atoms with Crippen LogP contribution in [0.1, 0.15) is 31.9 Å². The summed E-state index contributed by atoms with van der Waals surface area (Å²) in [6, 6.07) is 2.83. The summed E-state index contributed by atoms with van der Waals surface area (Å²) in [6.45, 7) is 2.40. The molecule has 1 fully saturated rings. The topological polar surface area (TPSA) is 70.8 Å². The molecule has 2 rings (SSSR count). The van der Waals surface area contributed by atoms with E-state index >= 15 is 0 Å². The minimum Gasteiger partial charge on any atom is -0.467 e. The third-order valence-corrected chi connectivity index (χ3v) is 3.00. The van der Waals surface area contributed by atoms with Gasteiger partial charge in [-0.3, -0.25) is 19.4 Å². The van der Waals surface area contributed by atoms with E-state index in [0.717, 1.165) is 22.6 Å². The molecule has 0 unspecified atom stereocenters. The highest BCUT2D eigenvalue weighted by atomic mass is 16.3. The lowest BCUT2D eigenvalue weighted by atomic mass is 10.2. The van der Waals surface area contributed by atoms with Crippen molar-refractivity contribution in [1.82, 2.24) is 9.80 Å². The standard InChI is InChI=1S/C13H16N2O4/c1-2-3-6-14-11(16)8-12(17)15(13(14)18)9-10-5-4-7-19-10/h4-5,7H,2-3,6,8-9H2,1H3. The lowest BCUT2D eigenvalue weighted by molar-refractivity contribution is -0.143. The Morgan fingerprint density at radius 3 is 2.58 bits per heavy atom. The van der Waals surface area contributed by atoms with Crippen LogP contribution in [0.2, 0.25) is 0 Å². The number of hydrogen-bond donors (Lipinski definition) is 0.